The molecule has 4 amide bonds. The van der Waals surface area contributed by atoms with Crippen molar-refractivity contribution in [3.8, 4) is 5.75 Å². The zero-order valence-electron chi connectivity index (χ0n) is 42.2. The number of thiazole rings is 2. The number of piperazine rings is 1. The Balaban J connectivity index is 0.725. The van der Waals surface area contributed by atoms with Crippen LogP contribution < -0.4 is 30.9 Å². The van der Waals surface area contributed by atoms with E-state index in [2.05, 4.69) is 41.1 Å². The first-order chi connectivity index (χ1) is 35.8. The fourth-order valence-corrected chi connectivity index (χ4v) is 11.2. The van der Waals surface area contributed by atoms with E-state index >= 15 is 0 Å². The third kappa shape index (κ3) is 14.0. The van der Waals surface area contributed by atoms with E-state index in [0.29, 0.717) is 92.9 Å². The first-order valence-electron chi connectivity index (χ1n) is 25.2. The number of carbonyl (C=O) groups excluding carboxylic acids is 5. The van der Waals surface area contributed by atoms with Crippen LogP contribution in [0.1, 0.15) is 100 Å². The highest BCUT2D eigenvalue weighted by Gasteiger charge is 2.40. The second-order valence-electron chi connectivity index (χ2n) is 18.6. The van der Waals surface area contributed by atoms with E-state index in [4.69, 9.17) is 30.8 Å². The summed E-state index contributed by atoms with van der Waals surface area (Å²) in [5, 5.41) is 15.5. The predicted octanol–water partition coefficient (Wildman–Crippen LogP) is 6.98. The molecule has 1 aliphatic carbocycles. The van der Waals surface area contributed by atoms with Crippen molar-refractivity contribution >= 4 is 86.1 Å². The van der Waals surface area contributed by atoms with Crippen LogP contribution in [0.2, 0.25) is 5.02 Å². The minimum atomic E-state index is -0.594. The molecule has 8 rings (SSSR count). The van der Waals surface area contributed by atoms with E-state index in [-0.39, 0.29) is 74.4 Å². The summed E-state index contributed by atoms with van der Waals surface area (Å²) in [6.07, 6.45) is 8.09. The molecule has 1 saturated carbocycles. The van der Waals surface area contributed by atoms with Gasteiger partial charge < -0.3 is 50.2 Å². The van der Waals surface area contributed by atoms with Gasteiger partial charge in [0.2, 0.25) is 23.5 Å². The van der Waals surface area contributed by atoms with Crippen molar-refractivity contribution in [2.45, 2.75) is 83.8 Å². The van der Waals surface area contributed by atoms with Gasteiger partial charge in [0.15, 0.2) is 5.13 Å². The summed E-state index contributed by atoms with van der Waals surface area (Å²) >= 11 is 8.87. The van der Waals surface area contributed by atoms with Gasteiger partial charge in [-0.3, -0.25) is 24.0 Å². The van der Waals surface area contributed by atoms with Crippen LogP contribution in [0.4, 0.5) is 22.5 Å². The van der Waals surface area contributed by atoms with Gasteiger partial charge in [0.25, 0.3) is 5.91 Å². The molecule has 0 bridgehead atoms. The molecule has 74 heavy (non-hydrogen) atoms. The SMILES string of the molecule is CN[C@@H](C)C(=O)N[C@H](C(=O)N1CCC[C@H]1c1nc(C(=O)c2cccc(OCCOCCOCC(=O)N3CCN(c4cc(Nc5ncc(C(=O)Nc6c(C)cccc6Cl)s5)nc(C)n4)CC3)c2)cs1)C1CCCCC1. The number of nitrogens with one attached hydrogen (secondary N) is 4. The highest BCUT2D eigenvalue weighted by atomic mass is 35.5. The number of likely N-dealkylation sites (tertiary alicyclic amines) is 1. The molecule has 2 aliphatic heterocycles. The number of aromatic nitrogens is 4. The smallest absolute Gasteiger partial charge is 0.267 e. The van der Waals surface area contributed by atoms with Crippen molar-refractivity contribution in [2.75, 3.05) is 88.3 Å². The molecule has 2 aromatic carbocycles. The van der Waals surface area contributed by atoms with Crippen molar-refractivity contribution < 1.29 is 38.2 Å². The van der Waals surface area contributed by atoms with Crippen LogP contribution >= 0.6 is 34.3 Å². The molecule has 3 fully saturated rings. The molecular weight excluding hydrogens is 1010 g/mol. The van der Waals surface area contributed by atoms with E-state index in [1.807, 2.05) is 30.0 Å². The summed E-state index contributed by atoms with van der Waals surface area (Å²) in [4.78, 5) is 91.3. The van der Waals surface area contributed by atoms with Gasteiger partial charge >= 0.3 is 0 Å². The van der Waals surface area contributed by atoms with E-state index in [0.717, 1.165) is 50.5 Å². The summed E-state index contributed by atoms with van der Waals surface area (Å²) in [6.45, 7) is 9.12. The first kappa shape index (κ1) is 54.2. The Kier molecular flexibility index (Phi) is 19.0. The molecule has 0 unspecified atom stereocenters. The Bertz CT molecular complexity index is 2740. The highest BCUT2D eigenvalue weighted by molar-refractivity contribution is 7.17. The molecule has 3 aromatic heterocycles. The Morgan fingerprint density at radius 2 is 1.64 bits per heavy atom. The van der Waals surface area contributed by atoms with Gasteiger partial charge in [0, 0.05) is 49.7 Å². The number of hydrogen-bond acceptors (Lipinski definition) is 17. The van der Waals surface area contributed by atoms with Gasteiger partial charge in [0.1, 0.15) is 58.0 Å². The molecule has 0 spiro atoms. The number of nitrogens with zero attached hydrogens (tertiary/aromatic N) is 7. The van der Waals surface area contributed by atoms with E-state index in [9.17, 15) is 24.0 Å². The number of benzene rings is 2. The molecule has 3 aliphatic rings. The largest absolute Gasteiger partial charge is 0.491 e. The lowest BCUT2D eigenvalue weighted by atomic mass is 9.83. The van der Waals surface area contributed by atoms with Gasteiger partial charge in [-0.2, -0.15) is 0 Å². The molecule has 4 N–H and O–H groups in total. The maximum atomic E-state index is 14.2. The van der Waals surface area contributed by atoms with Crippen LogP contribution in [0.3, 0.4) is 0 Å². The Morgan fingerprint density at radius 1 is 0.865 bits per heavy atom. The fourth-order valence-electron chi connectivity index (χ4n) is 9.31. The number of amides is 4. The molecule has 5 heterocycles. The second-order valence-corrected chi connectivity index (χ2v) is 20.9. The van der Waals surface area contributed by atoms with E-state index < -0.39 is 12.1 Å². The first-order valence-corrected chi connectivity index (χ1v) is 27.3. The second kappa shape index (κ2) is 25.9. The maximum Gasteiger partial charge on any atom is 0.267 e. The third-order valence-corrected chi connectivity index (χ3v) is 15.7. The molecular formula is C52H64ClN11O8S2. The van der Waals surface area contributed by atoms with Crippen molar-refractivity contribution in [1.29, 1.82) is 0 Å². The van der Waals surface area contributed by atoms with Crippen LogP contribution in [-0.4, -0.2) is 144 Å². The zero-order valence-corrected chi connectivity index (χ0v) is 44.6. The molecule has 22 heteroatoms. The van der Waals surface area contributed by atoms with Crippen LogP contribution in [0.5, 0.6) is 5.75 Å². The van der Waals surface area contributed by atoms with Crippen molar-refractivity contribution in [3.05, 3.63) is 97.7 Å². The Hall–Kier alpha value is -6.10. The molecule has 3 atom stereocenters. The fraction of sp³-hybridized carbons (Fsp3) is 0.481. The Morgan fingerprint density at radius 3 is 2.42 bits per heavy atom. The molecule has 19 nitrogen and oxygen atoms in total. The number of anilines is 4. The number of hydrogen-bond donors (Lipinski definition) is 4. The zero-order chi connectivity index (χ0) is 52.1. The van der Waals surface area contributed by atoms with Crippen LogP contribution in [0.15, 0.2) is 60.1 Å². The molecule has 394 valence electrons. The lowest BCUT2D eigenvalue weighted by molar-refractivity contribution is -0.139. The summed E-state index contributed by atoms with van der Waals surface area (Å²) in [5.41, 5.74) is 2.16. The van der Waals surface area contributed by atoms with Crippen molar-refractivity contribution in [1.82, 2.24) is 40.4 Å². The minimum absolute atomic E-state index is 0.0676. The van der Waals surface area contributed by atoms with E-state index in [1.165, 1.54) is 28.9 Å². The summed E-state index contributed by atoms with van der Waals surface area (Å²) < 4.78 is 17.3. The van der Waals surface area contributed by atoms with Gasteiger partial charge in [-0.15, -0.1) is 11.3 Å². The van der Waals surface area contributed by atoms with Crippen LogP contribution in [0.25, 0.3) is 0 Å². The normalized spacial score (nSPS) is 16.9. The topological polar surface area (TPSA) is 222 Å². The van der Waals surface area contributed by atoms with Gasteiger partial charge in [-0.25, -0.2) is 19.9 Å². The summed E-state index contributed by atoms with van der Waals surface area (Å²) in [5.74, 6) is 1.48. The van der Waals surface area contributed by atoms with Crippen LogP contribution in [-0.2, 0) is 23.9 Å². The number of carbonyl (C=O) groups is 5. The summed E-state index contributed by atoms with van der Waals surface area (Å²) in [6, 6.07) is 12.9. The van der Waals surface area contributed by atoms with Crippen molar-refractivity contribution in [2.24, 2.45) is 5.92 Å². The highest BCUT2D eigenvalue weighted by Crippen LogP contribution is 2.37. The maximum absolute atomic E-state index is 14.2. The molecule has 2 saturated heterocycles. The number of halogens is 1. The van der Waals surface area contributed by atoms with Crippen molar-refractivity contribution in [3.63, 3.8) is 0 Å². The lowest BCUT2D eigenvalue weighted by Crippen LogP contribution is -2.55. The number of likely N-dealkylation sites (N-methyl/N-ethyl adjacent to an activating group) is 1. The average Bonchev–Trinajstić information content (AvgIpc) is 4.22. The van der Waals surface area contributed by atoms with E-state index in [1.54, 1.807) is 61.5 Å². The number of rotatable bonds is 22. The van der Waals surface area contributed by atoms with Gasteiger partial charge in [-0.1, -0.05) is 66.5 Å². The van der Waals surface area contributed by atoms with Gasteiger partial charge in [0.05, 0.1) is 48.8 Å². The lowest BCUT2D eigenvalue weighted by Gasteiger charge is -2.35. The standard InChI is InChI=1S/C52H64ClN11O8S2/c1-32-11-8-16-38(53)45(32)60-49(68)41-29-55-52(74-41)59-42-28-43(57-34(3)56-42)62-19-21-63(22-20-62)44(65)30-71-24-23-70-25-26-72-37-15-9-14-36(27-37)47(66)39-31-73-50(58-39)40-17-10-18-64(40)51(69)46(35-12-6-5-7-13-35)61-48(67)33(2)54-4/h8-9,11,14-16,27-29,31,33,35,40,46,54H,5-7,10,12-13,17-26,30H2,1-4H3,(H,60,68)(H,61,67)(H,55,56,57,59)/t33-,40-,46-/m0/s1. The molecule has 5 aromatic rings. The summed E-state index contributed by atoms with van der Waals surface area (Å²) in [7, 11) is 1.73. The number of aryl methyl sites for hydroxylation is 2. The van der Waals surface area contributed by atoms with Crippen LogP contribution in [0, 0.1) is 19.8 Å². The third-order valence-electron chi connectivity index (χ3n) is 13.5. The Labute approximate surface area is 444 Å². The monoisotopic (exact) mass is 1070 g/mol. The number of ether oxygens (including phenoxy) is 3. The number of ketones is 1. The predicted molar refractivity (Wildman–Crippen MR) is 285 cm³/mol. The number of para-hydroxylation sites is 1. The molecule has 0 radical (unpaired) electrons. The minimum Gasteiger partial charge on any atom is -0.491 e. The quantitative estimate of drug-likeness (QED) is 0.0405. The van der Waals surface area contributed by atoms with Gasteiger partial charge in [-0.05, 0) is 83.2 Å². The average molecular weight is 1070 g/mol.